The number of carbonyl (C=O) groups excluding carboxylic acids is 1. The number of esters is 1. The highest BCUT2D eigenvalue weighted by molar-refractivity contribution is 5.83. The molecule has 0 radical (unpaired) electrons. The van der Waals surface area contributed by atoms with E-state index < -0.39 is 5.41 Å². The molecule has 0 unspecified atom stereocenters. The highest BCUT2D eigenvalue weighted by Gasteiger charge is 2.29. The largest absolute Gasteiger partial charge is 0.469 e. The highest BCUT2D eigenvalue weighted by Crippen LogP contribution is 2.25. The van der Waals surface area contributed by atoms with Crippen LogP contribution in [0.4, 0.5) is 5.69 Å². The Bertz CT molecular complexity index is 584. The second-order valence-electron chi connectivity index (χ2n) is 5.14. The number of methoxy groups -OCH3 is 1. The maximum atomic E-state index is 11.7. The first-order chi connectivity index (χ1) is 8.44. The second-order valence-corrected chi connectivity index (χ2v) is 5.14. The van der Waals surface area contributed by atoms with E-state index in [4.69, 9.17) is 10.5 Å². The molecule has 1 aromatic heterocycles. The van der Waals surface area contributed by atoms with E-state index in [2.05, 4.69) is 0 Å². The highest BCUT2D eigenvalue weighted by atomic mass is 16.5. The zero-order valence-corrected chi connectivity index (χ0v) is 10.9. The quantitative estimate of drug-likeness (QED) is 0.668. The lowest BCUT2D eigenvalue weighted by Crippen LogP contribution is -2.30. The van der Waals surface area contributed by atoms with Gasteiger partial charge in [-0.05, 0) is 37.4 Å². The number of rotatable bonds is 3. The summed E-state index contributed by atoms with van der Waals surface area (Å²) >= 11 is 0. The van der Waals surface area contributed by atoms with E-state index in [1.54, 1.807) is 0 Å². The summed E-state index contributed by atoms with van der Waals surface area (Å²) in [5, 5.41) is 1.12. The van der Waals surface area contributed by atoms with Gasteiger partial charge in [0, 0.05) is 18.4 Å². The van der Waals surface area contributed by atoms with Gasteiger partial charge in [-0.25, -0.2) is 0 Å². The van der Waals surface area contributed by atoms with Crippen LogP contribution in [0.2, 0.25) is 0 Å². The van der Waals surface area contributed by atoms with Crippen molar-refractivity contribution in [2.24, 2.45) is 5.41 Å². The van der Waals surface area contributed by atoms with Gasteiger partial charge in [0.25, 0.3) is 0 Å². The Morgan fingerprint density at radius 3 is 2.78 bits per heavy atom. The van der Waals surface area contributed by atoms with Crippen LogP contribution in [0.1, 0.15) is 13.8 Å². The van der Waals surface area contributed by atoms with Crippen LogP contribution < -0.4 is 5.73 Å². The fourth-order valence-electron chi connectivity index (χ4n) is 2.11. The van der Waals surface area contributed by atoms with Crippen LogP contribution in [0.3, 0.4) is 0 Å². The summed E-state index contributed by atoms with van der Waals surface area (Å²) in [6.07, 6.45) is 1.97. The number of nitrogens with zero attached hydrogens (tertiary/aromatic N) is 1. The number of aromatic nitrogens is 1. The Kier molecular flexibility index (Phi) is 3.03. The number of nitrogens with two attached hydrogens (primary N) is 1. The molecule has 1 heterocycles. The van der Waals surface area contributed by atoms with Crippen LogP contribution >= 0.6 is 0 Å². The molecule has 0 atom stereocenters. The second kappa shape index (κ2) is 4.37. The third-order valence-corrected chi connectivity index (χ3v) is 3.10. The molecule has 0 spiro atoms. The van der Waals surface area contributed by atoms with Crippen molar-refractivity contribution >= 4 is 22.6 Å². The Balaban J connectivity index is 2.37. The van der Waals surface area contributed by atoms with Crippen molar-refractivity contribution in [1.82, 2.24) is 4.57 Å². The van der Waals surface area contributed by atoms with Crippen molar-refractivity contribution in [1.29, 1.82) is 0 Å². The first kappa shape index (κ1) is 12.5. The Hall–Kier alpha value is -1.97. The predicted molar refractivity (Wildman–Crippen MR) is 72.1 cm³/mol. The zero-order valence-electron chi connectivity index (χ0n) is 10.9. The molecule has 2 aromatic rings. The van der Waals surface area contributed by atoms with Gasteiger partial charge in [0.2, 0.25) is 0 Å². The van der Waals surface area contributed by atoms with E-state index in [9.17, 15) is 4.79 Å². The number of benzene rings is 1. The van der Waals surface area contributed by atoms with Crippen molar-refractivity contribution in [3.8, 4) is 0 Å². The number of ether oxygens (including phenoxy) is 1. The molecule has 0 amide bonds. The van der Waals surface area contributed by atoms with E-state index in [-0.39, 0.29) is 5.97 Å². The standard InChI is InChI=1S/C14H18N2O2/c1-14(2,13(17)18-3)9-16-7-6-10-4-5-11(15)8-12(10)16/h4-8H,9,15H2,1-3H3. The SMILES string of the molecule is COC(=O)C(C)(C)Cn1ccc2ccc(N)cc21. The van der Waals surface area contributed by atoms with E-state index >= 15 is 0 Å². The summed E-state index contributed by atoms with van der Waals surface area (Å²) < 4.78 is 6.85. The Morgan fingerprint density at radius 1 is 1.39 bits per heavy atom. The van der Waals surface area contributed by atoms with Gasteiger partial charge in [-0.2, -0.15) is 0 Å². The Labute approximate surface area is 106 Å². The third kappa shape index (κ3) is 2.18. The minimum absolute atomic E-state index is 0.215. The summed E-state index contributed by atoms with van der Waals surface area (Å²) in [4.78, 5) is 11.7. The van der Waals surface area contributed by atoms with Crippen molar-refractivity contribution in [2.75, 3.05) is 12.8 Å². The lowest BCUT2D eigenvalue weighted by Gasteiger charge is -2.22. The normalized spacial score (nSPS) is 11.7. The average molecular weight is 246 g/mol. The summed E-state index contributed by atoms with van der Waals surface area (Å²) in [5.74, 6) is -0.215. The molecule has 0 fully saturated rings. The summed E-state index contributed by atoms with van der Waals surface area (Å²) in [6, 6.07) is 7.79. The van der Waals surface area contributed by atoms with Gasteiger partial charge >= 0.3 is 5.97 Å². The van der Waals surface area contributed by atoms with Crippen LogP contribution in [-0.2, 0) is 16.1 Å². The molecule has 4 heteroatoms. The van der Waals surface area contributed by atoms with Crippen LogP contribution in [0, 0.1) is 5.41 Å². The molecule has 2 N–H and O–H groups in total. The minimum Gasteiger partial charge on any atom is -0.469 e. The maximum Gasteiger partial charge on any atom is 0.313 e. The number of hydrogen-bond acceptors (Lipinski definition) is 3. The van der Waals surface area contributed by atoms with Crippen molar-refractivity contribution in [3.05, 3.63) is 30.5 Å². The molecule has 96 valence electrons. The topological polar surface area (TPSA) is 57.2 Å². The fourth-order valence-corrected chi connectivity index (χ4v) is 2.11. The maximum absolute atomic E-state index is 11.7. The molecule has 0 saturated heterocycles. The number of anilines is 1. The average Bonchev–Trinajstić information content (AvgIpc) is 2.70. The van der Waals surface area contributed by atoms with Gasteiger partial charge in [0.05, 0.1) is 18.0 Å². The molecule has 0 aliphatic carbocycles. The molecule has 1 aromatic carbocycles. The van der Waals surface area contributed by atoms with E-state index in [0.29, 0.717) is 6.54 Å². The molecule has 4 nitrogen and oxygen atoms in total. The molecule has 0 aliphatic heterocycles. The molecule has 18 heavy (non-hydrogen) atoms. The van der Waals surface area contributed by atoms with Crippen LogP contribution in [0.25, 0.3) is 10.9 Å². The van der Waals surface area contributed by atoms with Crippen LogP contribution in [-0.4, -0.2) is 17.6 Å². The third-order valence-electron chi connectivity index (χ3n) is 3.10. The molecule has 0 saturated carbocycles. The molecule has 2 rings (SSSR count). The van der Waals surface area contributed by atoms with Gasteiger partial charge in [0.15, 0.2) is 0 Å². The molecular weight excluding hydrogens is 228 g/mol. The summed E-state index contributed by atoms with van der Waals surface area (Å²) in [5.41, 5.74) is 6.99. The van der Waals surface area contributed by atoms with E-state index in [1.807, 2.05) is 48.9 Å². The number of hydrogen-bond donors (Lipinski definition) is 1. The summed E-state index contributed by atoms with van der Waals surface area (Å²) in [6.45, 7) is 4.31. The van der Waals surface area contributed by atoms with Gasteiger partial charge < -0.3 is 15.0 Å². The van der Waals surface area contributed by atoms with Gasteiger partial charge in [-0.3, -0.25) is 4.79 Å². The monoisotopic (exact) mass is 246 g/mol. The van der Waals surface area contributed by atoms with Crippen molar-refractivity contribution in [2.45, 2.75) is 20.4 Å². The lowest BCUT2D eigenvalue weighted by molar-refractivity contribution is -0.151. The fraction of sp³-hybridized carbons (Fsp3) is 0.357. The first-order valence-electron chi connectivity index (χ1n) is 5.87. The number of fused-ring (bicyclic) bond motifs is 1. The van der Waals surface area contributed by atoms with E-state index in [0.717, 1.165) is 16.6 Å². The lowest BCUT2D eigenvalue weighted by atomic mass is 9.93. The van der Waals surface area contributed by atoms with Gasteiger partial charge in [-0.15, -0.1) is 0 Å². The van der Waals surface area contributed by atoms with Crippen molar-refractivity contribution < 1.29 is 9.53 Å². The zero-order chi connectivity index (χ0) is 13.3. The van der Waals surface area contributed by atoms with E-state index in [1.165, 1.54) is 7.11 Å². The first-order valence-corrected chi connectivity index (χ1v) is 5.87. The molecule has 0 aliphatic rings. The number of carbonyl (C=O) groups is 1. The molecular formula is C14H18N2O2. The predicted octanol–water partition coefficient (Wildman–Crippen LogP) is 2.42. The Morgan fingerprint density at radius 2 is 2.11 bits per heavy atom. The van der Waals surface area contributed by atoms with Gasteiger partial charge in [-0.1, -0.05) is 6.07 Å². The number of nitrogen functional groups attached to an aromatic ring is 1. The minimum atomic E-state index is -0.564. The molecule has 0 bridgehead atoms. The van der Waals surface area contributed by atoms with Crippen molar-refractivity contribution in [3.63, 3.8) is 0 Å². The summed E-state index contributed by atoms with van der Waals surface area (Å²) in [7, 11) is 1.41. The van der Waals surface area contributed by atoms with Gasteiger partial charge in [0.1, 0.15) is 0 Å². The van der Waals surface area contributed by atoms with Crippen LogP contribution in [0.15, 0.2) is 30.5 Å². The van der Waals surface area contributed by atoms with Crippen LogP contribution in [0.5, 0.6) is 0 Å². The smallest absolute Gasteiger partial charge is 0.313 e.